The van der Waals surface area contributed by atoms with Gasteiger partial charge in [-0.3, -0.25) is 4.99 Å². The molecule has 0 amide bonds. The molecule has 0 atom stereocenters. The largest absolute Gasteiger partial charge is 0.436 e. The van der Waals surface area contributed by atoms with E-state index in [1.807, 2.05) is 55.5 Å². The number of rotatable bonds is 5. The van der Waals surface area contributed by atoms with Crippen molar-refractivity contribution in [1.82, 2.24) is 4.98 Å². The number of aliphatic imine (C=N–C) groups is 1. The summed E-state index contributed by atoms with van der Waals surface area (Å²) in [5.74, 6) is 0.466. The van der Waals surface area contributed by atoms with Gasteiger partial charge in [-0.15, -0.1) is 0 Å². The monoisotopic (exact) mass is 466 g/mol. The molecule has 0 spiro atoms. The van der Waals surface area contributed by atoms with Crippen molar-refractivity contribution >= 4 is 40.6 Å². The molecule has 4 aromatic carbocycles. The maximum absolute atomic E-state index is 12.4. The van der Waals surface area contributed by atoms with Crippen LogP contribution in [0.2, 0.25) is 5.02 Å². The van der Waals surface area contributed by atoms with Crippen molar-refractivity contribution in [1.29, 1.82) is 0 Å². The molecule has 0 aliphatic heterocycles. The summed E-state index contributed by atoms with van der Waals surface area (Å²) >= 11 is 6.08. The number of carbonyl (C=O) groups is 1. The minimum atomic E-state index is -0.513. The molecule has 0 unspecified atom stereocenters. The summed E-state index contributed by atoms with van der Waals surface area (Å²) in [7, 11) is 0. The summed E-state index contributed by atoms with van der Waals surface area (Å²) in [4.78, 5) is 21.6. The van der Waals surface area contributed by atoms with Crippen molar-refractivity contribution in [3.63, 3.8) is 0 Å². The Morgan fingerprint density at radius 3 is 2.62 bits per heavy atom. The van der Waals surface area contributed by atoms with E-state index in [-0.39, 0.29) is 0 Å². The Balaban J connectivity index is 1.33. The first-order valence-electron chi connectivity index (χ1n) is 10.6. The highest BCUT2D eigenvalue weighted by molar-refractivity contribution is 6.33. The second-order valence-corrected chi connectivity index (χ2v) is 8.14. The lowest BCUT2D eigenvalue weighted by atomic mass is 10.1. The van der Waals surface area contributed by atoms with Gasteiger partial charge in [-0.1, -0.05) is 53.6 Å². The van der Waals surface area contributed by atoms with Crippen LogP contribution < -0.4 is 4.74 Å². The highest BCUT2D eigenvalue weighted by Gasteiger charge is 2.12. The molecule has 0 N–H and O–H groups in total. The van der Waals surface area contributed by atoms with Crippen molar-refractivity contribution < 1.29 is 13.9 Å². The van der Waals surface area contributed by atoms with Gasteiger partial charge in [0.2, 0.25) is 5.89 Å². The number of aromatic nitrogens is 1. The molecule has 0 radical (unpaired) electrons. The zero-order valence-electron chi connectivity index (χ0n) is 18.2. The number of carbonyl (C=O) groups excluding carboxylic acids is 1. The van der Waals surface area contributed by atoms with Crippen molar-refractivity contribution in [2.24, 2.45) is 4.99 Å². The fourth-order valence-corrected chi connectivity index (χ4v) is 3.62. The van der Waals surface area contributed by atoms with Gasteiger partial charge in [-0.05, 0) is 67.1 Å². The highest BCUT2D eigenvalue weighted by atomic mass is 35.5. The molecule has 5 nitrogen and oxygen atoms in total. The number of aryl methyl sites for hydroxylation is 1. The van der Waals surface area contributed by atoms with Crippen LogP contribution in [0.3, 0.4) is 0 Å². The van der Waals surface area contributed by atoms with Gasteiger partial charge < -0.3 is 9.15 Å². The van der Waals surface area contributed by atoms with E-state index < -0.39 is 5.97 Å². The Bertz CT molecular complexity index is 1520. The maximum atomic E-state index is 12.4. The van der Waals surface area contributed by atoms with Crippen LogP contribution in [0.15, 0.2) is 100 Å². The number of hydrogen-bond acceptors (Lipinski definition) is 5. The average molecular weight is 467 g/mol. The van der Waals surface area contributed by atoms with Crippen LogP contribution in [0.5, 0.6) is 5.75 Å². The highest BCUT2D eigenvalue weighted by Crippen LogP contribution is 2.27. The number of ether oxygens (including phenoxy) is 1. The first-order chi connectivity index (χ1) is 16.5. The predicted molar refractivity (Wildman–Crippen MR) is 134 cm³/mol. The summed E-state index contributed by atoms with van der Waals surface area (Å²) in [6, 6.07) is 27.5. The fourth-order valence-electron chi connectivity index (χ4n) is 3.41. The molecule has 0 aliphatic carbocycles. The third-order valence-corrected chi connectivity index (χ3v) is 5.52. The molecule has 34 heavy (non-hydrogen) atoms. The van der Waals surface area contributed by atoms with Crippen LogP contribution in [0, 0.1) is 6.92 Å². The molecule has 0 fully saturated rings. The number of hydrogen-bond donors (Lipinski definition) is 0. The van der Waals surface area contributed by atoms with Gasteiger partial charge in [-0.2, -0.15) is 0 Å². The van der Waals surface area contributed by atoms with Gasteiger partial charge in [0.1, 0.15) is 11.3 Å². The van der Waals surface area contributed by atoms with Crippen molar-refractivity contribution in [2.45, 2.75) is 6.92 Å². The summed E-state index contributed by atoms with van der Waals surface area (Å²) in [5, 5.41) is 0.346. The maximum Gasteiger partial charge on any atom is 0.345 e. The Labute approximate surface area is 201 Å². The Hall–Kier alpha value is -4.22. The van der Waals surface area contributed by atoms with E-state index in [1.54, 1.807) is 48.7 Å². The summed E-state index contributed by atoms with van der Waals surface area (Å²) < 4.78 is 11.4. The average Bonchev–Trinajstić information content (AvgIpc) is 3.27. The van der Waals surface area contributed by atoms with E-state index in [0.717, 1.165) is 22.3 Å². The third kappa shape index (κ3) is 4.75. The number of esters is 1. The zero-order valence-corrected chi connectivity index (χ0v) is 19.0. The van der Waals surface area contributed by atoms with E-state index >= 15 is 0 Å². The zero-order chi connectivity index (χ0) is 23.5. The van der Waals surface area contributed by atoms with Crippen molar-refractivity contribution in [2.75, 3.05) is 0 Å². The topological polar surface area (TPSA) is 64.7 Å². The first kappa shape index (κ1) is 21.6. The van der Waals surface area contributed by atoms with E-state index in [9.17, 15) is 4.79 Å². The van der Waals surface area contributed by atoms with Crippen molar-refractivity contribution in [3.8, 4) is 17.2 Å². The number of nitrogens with zero attached hydrogens (tertiary/aromatic N) is 2. The summed E-state index contributed by atoms with van der Waals surface area (Å²) in [5.41, 5.74) is 5.36. The number of benzene rings is 4. The van der Waals surface area contributed by atoms with Gasteiger partial charge in [0, 0.05) is 11.8 Å². The molecule has 5 rings (SSSR count). The van der Waals surface area contributed by atoms with Crippen molar-refractivity contribution in [3.05, 3.63) is 113 Å². The minimum Gasteiger partial charge on any atom is -0.436 e. The van der Waals surface area contributed by atoms with Gasteiger partial charge in [0.05, 0.1) is 16.3 Å². The van der Waals surface area contributed by atoms with Crippen LogP contribution in [0.25, 0.3) is 22.6 Å². The predicted octanol–water partition coefficient (Wildman–Crippen LogP) is 7.43. The number of halogens is 1. The lowest BCUT2D eigenvalue weighted by molar-refractivity contribution is 0.0735. The Morgan fingerprint density at radius 1 is 0.971 bits per heavy atom. The fraction of sp³-hybridized carbons (Fsp3) is 0.0357. The van der Waals surface area contributed by atoms with Crippen LogP contribution in [0.4, 0.5) is 5.69 Å². The lowest BCUT2D eigenvalue weighted by Crippen LogP contribution is -2.09. The third-order valence-electron chi connectivity index (χ3n) is 5.19. The molecule has 0 saturated heterocycles. The van der Waals surface area contributed by atoms with Gasteiger partial charge in [0.15, 0.2) is 5.58 Å². The molecule has 0 aliphatic rings. The Kier molecular flexibility index (Phi) is 5.93. The molecule has 166 valence electrons. The summed E-state index contributed by atoms with van der Waals surface area (Å²) in [6.07, 6.45) is 1.70. The molecular formula is C28H19ClN2O3. The summed E-state index contributed by atoms with van der Waals surface area (Å²) in [6.45, 7) is 2.04. The normalized spacial score (nSPS) is 11.2. The molecule has 1 heterocycles. The molecule has 1 aromatic heterocycles. The number of oxazole rings is 1. The lowest BCUT2D eigenvalue weighted by Gasteiger charge is -2.06. The van der Waals surface area contributed by atoms with Crippen LogP contribution in [0.1, 0.15) is 21.5 Å². The SMILES string of the molecule is Cc1ccc(-c2nc3cc(N=Cc4cccc(OC(=O)c5ccccc5Cl)c4)ccc3o2)cc1. The van der Waals surface area contributed by atoms with Crippen LogP contribution >= 0.6 is 11.6 Å². The van der Waals surface area contributed by atoms with E-state index in [1.165, 1.54) is 5.56 Å². The van der Waals surface area contributed by atoms with Gasteiger partial charge >= 0.3 is 5.97 Å². The quantitative estimate of drug-likeness (QED) is 0.153. The van der Waals surface area contributed by atoms with E-state index in [2.05, 4.69) is 9.98 Å². The van der Waals surface area contributed by atoms with E-state index in [4.69, 9.17) is 20.8 Å². The van der Waals surface area contributed by atoms with Gasteiger partial charge in [0.25, 0.3) is 0 Å². The standard InChI is InChI=1S/C28H19ClN2O3/c1-18-9-11-20(12-10-18)27-31-25-16-21(13-14-26(25)34-27)30-17-19-5-4-6-22(15-19)33-28(32)23-7-2-3-8-24(23)29/h2-17H,1H3. The van der Waals surface area contributed by atoms with Crippen LogP contribution in [-0.2, 0) is 0 Å². The molecular weight excluding hydrogens is 448 g/mol. The smallest absolute Gasteiger partial charge is 0.345 e. The second-order valence-electron chi connectivity index (χ2n) is 7.74. The molecule has 0 bridgehead atoms. The Morgan fingerprint density at radius 2 is 1.79 bits per heavy atom. The number of fused-ring (bicyclic) bond motifs is 1. The minimum absolute atomic E-state index is 0.314. The molecule has 0 saturated carbocycles. The second kappa shape index (κ2) is 9.33. The molecule has 5 aromatic rings. The van der Waals surface area contributed by atoms with Crippen LogP contribution in [-0.4, -0.2) is 17.2 Å². The first-order valence-corrected chi connectivity index (χ1v) is 11.0. The van der Waals surface area contributed by atoms with Gasteiger partial charge in [-0.25, -0.2) is 9.78 Å². The van der Waals surface area contributed by atoms with E-state index in [0.29, 0.717) is 27.8 Å². The molecule has 6 heteroatoms.